The first kappa shape index (κ1) is 15.3. The summed E-state index contributed by atoms with van der Waals surface area (Å²) in [6, 6.07) is 5.56. The number of ether oxygens (including phenoxy) is 2. The van der Waals surface area contributed by atoms with Crippen LogP contribution < -0.4 is 14.8 Å². The van der Waals surface area contributed by atoms with Gasteiger partial charge in [0.25, 0.3) is 0 Å². The van der Waals surface area contributed by atoms with Crippen molar-refractivity contribution in [3.8, 4) is 11.5 Å². The molecule has 2 atom stereocenters. The Morgan fingerprint density at radius 1 is 1.04 bits per heavy atom. The number of carboxylic acids is 1. The molecule has 0 unspecified atom stereocenters. The topological polar surface area (TPSA) is 84.9 Å². The highest BCUT2D eigenvalue weighted by molar-refractivity contribution is 5.85. The Kier molecular flexibility index (Phi) is 3.82. The van der Waals surface area contributed by atoms with Crippen LogP contribution in [0.3, 0.4) is 0 Å². The number of rotatable bonds is 4. The van der Waals surface area contributed by atoms with Crippen LogP contribution in [0.5, 0.6) is 11.5 Å². The van der Waals surface area contributed by atoms with Gasteiger partial charge in [0.05, 0.1) is 11.8 Å². The zero-order chi connectivity index (χ0) is 16.7. The molecule has 128 valence electrons. The van der Waals surface area contributed by atoms with E-state index in [0.717, 1.165) is 31.2 Å². The summed E-state index contributed by atoms with van der Waals surface area (Å²) >= 11 is 0. The number of carbonyl (C=O) groups is 2. The van der Waals surface area contributed by atoms with Crippen LogP contribution in [0.4, 0.5) is 0 Å². The Hall–Kier alpha value is -2.24. The number of amides is 1. The first-order chi connectivity index (χ1) is 11.6. The van der Waals surface area contributed by atoms with Gasteiger partial charge < -0.3 is 19.9 Å². The number of aliphatic carboxylic acids is 1. The van der Waals surface area contributed by atoms with Crippen LogP contribution in [0.2, 0.25) is 0 Å². The molecule has 2 bridgehead atoms. The Morgan fingerprint density at radius 3 is 2.42 bits per heavy atom. The standard InChI is InChI=1S/C18H21NO5/c20-17(15-11-2-4-12(5-3-11)16(15)18(21)22)19-8-10-1-6-13-14(7-10)24-9-23-13/h1,6-7,11-12,15-16H,2-5,8-9H2,(H,19,20)(H,21,22)/t11?,12?,15-,16+/m0/s1. The van der Waals surface area contributed by atoms with Gasteiger partial charge in [0.1, 0.15) is 0 Å². The Labute approximate surface area is 140 Å². The largest absolute Gasteiger partial charge is 0.481 e. The molecule has 0 aromatic heterocycles. The van der Waals surface area contributed by atoms with Gasteiger partial charge in [-0.25, -0.2) is 0 Å². The molecule has 0 spiro atoms. The monoisotopic (exact) mass is 331 g/mol. The van der Waals surface area contributed by atoms with Gasteiger partial charge in [-0.2, -0.15) is 0 Å². The summed E-state index contributed by atoms with van der Waals surface area (Å²) in [7, 11) is 0. The number of carbonyl (C=O) groups excluding carboxylic acids is 1. The van der Waals surface area contributed by atoms with E-state index < -0.39 is 17.8 Å². The van der Waals surface area contributed by atoms with E-state index in [1.54, 1.807) is 0 Å². The van der Waals surface area contributed by atoms with E-state index in [1.807, 2.05) is 18.2 Å². The number of carboxylic acid groups (broad SMARTS) is 1. The first-order valence-corrected chi connectivity index (χ1v) is 8.52. The molecular formula is C18H21NO5. The smallest absolute Gasteiger partial charge is 0.307 e. The van der Waals surface area contributed by atoms with Gasteiger partial charge in [0.2, 0.25) is 12.7 Å². The van der Waals surface area contributed by atoms with E-state index in [0.29, 0.717) is 18.0 Å². The number of hydrogen-bond acceptors (Lipinski definition) is 4. The molecule has 3 saturated carbocycles. The average molecular weight is 331 g/mol. The fourth-order valence-electron chi connectivity index (χ4n) is 4.54. The molecule has 1 amide bonds. The van der Waals surface area contributed by atoms with E-state index in [1.165, 1.54) is 0 Å². The van der Waals surface area contributed by atoms with Crippen molar-refractivity contribution in [2.24, 2.45) is 23.7 Å². The van der Waals surface area contributed by atoms with E-state index >= 15 is 0 Å². The zero-order valence-corrected chi connectivity index (χ0v) is 13.4. The predicted octanol–water partition coefficient (Wildman–Crippen LogP) is 2.17. The van der Waals surface area contributed by atoms with Crippen LogP contribution in [-0.2, 0) is 16.1 Å². The molecule has 5 rings (SSSR count). The summed E-state index contributed by atoms with van der Waals surface area (Å²) < 4.78 is 10.6. The minimum atomic E-state index is -0.826. The average Bonchev–Trinajstić information content (AvgIpc) is 3.07. The van der Waals surface area contributed by atoms with Crippen molar-refractivity contribution in [3.63, 3.8) is 0 Å². The van der Waals surface area contributed by atoms with Crippen LogP contribution in [-0.4, -0.2) is 23.8 Å². The van der Waals surface area contributed by atoms with Crippen molar-refractivity contribution in [1.82, 2.24) is 5.32 Å². The van der Waals surface area contributed by atoms with E-state index in [-0.39, 0.29) is 24.5 Å². The van der Waals surface area contributed by atoms with Crippen molar-refractivity contribution in [2.75, 3.05) is 6.79 Å². The lowest BCUT2D eigenvalue weighted by Crippen LogP contribution is -2.50. The van der Waals surface area contributed by atoms with Crippen LogP contribution in [0.15, 0.2) is 18.2 Å². The van der Waals surface area contributed by atoms with E-state index in [9.17, 15) is 14.7 Å². The minimum Gasteiger partial charge on any atom is -0.481 e. The van der Waals surface area contributed by atoms with Crippen LogP contribution >= 0.6 is 0 Å². The van der Waals surface area contributed by atoms with Gasteiger partial charge in [0.15, 0.2) is 11.5 Å². The van der Waals surface area contributed by atoms with Crippen LogP contribution in [0.25, 0.3) is 0 Å². The lowest BCUT2D eigenvalue weighted by atomic mass is 9.58. The summed E-state index contributed by atoms with van der Waals surface area (Å²) in [4.78, 5) is 24.3. The normalized spacial score (nSPS) is 30.2. The second kappa shape index (κ2) is 6.00. The quantitative estimate of drug-likeness (QED) is 0.883. The summed E-state index contributed by atoms with van der Waals surface area (Å²) in [6.45, 7) is 0.590. The SMILES string of the molecule is O=C(O)[C@@H]1C2CCC(CC2)[C@@H]1C(=O)NCc1ccc2c(c1)OCO2. The predicted molar refractivity (Wildman–Crippen MR) is 84.5 cm³/mol. The number of benzene rings is 1. The maximum absolute atomic E-state index is 12.7. The molecule has 24 heavy (non-hydrogen) atoms. The zero-order valence-electron chi connectivity index (χ0n) is 13.4. The van der Waals surface area contributed by atoms with Gasteiger partial charge in [-0.15, -0.1) is 0 Å². The summed E-state index contributed by atoms with van der Waals surface area (Å²) in [5, 5.41) is 12.5. The molecule has 1 aromatic carbocycles. The van der Waals surface area contributed by atoms with Crippen molar-refractivity contribution in [2.45, 2.75) is 32.2 Å². The summed E-state index contributed by atoms with van der Waals surface area (Å²) in [6.07, 6.45) is 3.81. The third-order valence-corrected chi connectivity index (χ3v) is 5.71. The molecular weight excluding hydrogens is 310 g/mol. The van der Waals surface area contributed by atoms with Gasteiger partial charge in [-0.05, 0) is 55.2 Å². The Morgan fingerprint density at radius 2 is 1.71 bits per heavy atom. The van der Waals surface area contributed by atoms with Crippen molar-refractivity contribution < 1.29 is 24.2 Å². The molecule has 0 radical (unpaired) electrons. The van der Waals surface area contributed by atoms with E-state index in [4.69, 9.17) is 9.47 Å². The fraction of sp³-hybridized carbons (Fsp3) is 0.556. The van der Waals surface area contributed by atoms with E-state index in [2.05, 4.69) is 5.32 Å². The van der Waals surface area contributed by atoms with Crippen LogP contribution in [0, 0.1) is 23.7 Å². The molecule has 1 aromatic rings. The number of hydrogen-bond donors (Lipinski definition) is 2. The highest BCUT2D eigenvalue weighted by atomic mass is 16.7. The second-order valence-electron chi connectivity index (χ2n) is 6.97. The third-order valence-electron chi connectivity index (χ3n) is 5.71. The summed E-state index contributed by atoms with van der Waals surface area (Å²) in [5.41, 5.74) is 0.917. The molecule has 3 fully saturated rings. The molecule has 6 nitrogen and oxygen atoms in total. The second-order valence-corrected chi connectivity index (χ2v) is 6.97. The number of fused-ring (bicyclic) bond motifs is 4. The summed E-state index contributed by atoms with van der Waals surface area (Å²) in [5.74, 6) is -0.149. The molecule has 1 aliphatic heterocycles. The van der Waals surface area contributed by atoms with Crippen molar-refractivity contribution in [3.05, 3.63) is 23.8 Å². The molecule has 1 heterocycles. The molecule has 0 saturated heterocycles. The van der Waals surface area contributed by atoms with Crippen molar-refractivity contribution in [1.29, 1.82) is 0 Å². The highest BCUT2D eigenvalue weighted by Gasteiger charge is 2.50. The number of nitrogens with one attached hydrogen (secondary N) is 1. The highest BCUT2D eigenvalue weighted by Crippen LogP contribution is 2.49. The molecule has 3 aliphatic carbocycles. The van der Waals surface area contributed by atoms with Gasteiger partial charge in [0, 0.05) is 6.54 Å². The Bertz CT molecular complexity index is 665. The molecule has 4 aliphatic rings. The lowest BCUT2D eigenvalue weighted by Gasteiger charge is -2.45. The molecule has 6 heteroatoms. The third kappa shape index (κ3) is 2.60. The molecule has 2 N–H and O–H groups in total. The van der Waals surface area contributed by atoms with Crippen molar-refractivity contribution >= 4 is 11.9 Å². The maximum Gasteiger partial charge on any atom is 0.307 e. The van der Waals surface area contributed by atoms with Crippen LogP contribution in [0.1, 0.15) is 31.2 Å². The Balaban J connectivity index is 1.44. The fourth-order valence-corrected chi connectivity index (χ4v) is 4.54. The first-order valence-electron chi connectivity index (χ1n) is 8.52. The van der Waals surface area contributed by atoms with Gasteiger partial charge in [-0.3, -0.25) is 9.59 Å². The van der Waals surface area contributed by atoms with Gasteiger partial charge >= 0.3 is 5.97 Å². The lowest BCUT2D eigenvalue weighted by molar-refractivity contribution is -0.158. The maximum atomic E-state index is 12.7. The van der Waals surface area contributed by atoms with Gasteiger partial charge in [-0.1, -0.05) is 6.07 Å². The minimum absolute atomic E-state index is 0.130.